The maximum absolute atomic E-state index is 14.1. The quantitative estimate of drug-likeness (QED) is 0.573. The van der Waals surface area contributed by atoms with Crippen LogP contribution in [0.1, 0.15) is 38.2 Å². The first-order chi connectivity index (χ1) is 16.0. The first kappa shape index (κ1) is 21.3. The molecule has 2 aliphatic rings. The van der Waals surface area contributed by atoms with Crippen molar-refractivity contribution in [3.05, 3.63) is 100 Å². The number of fused-ring (bicyclic) bond motifs is 2. The molecule has 6 heteroatoms. The van der Waals surface area contributed by atoms with Gasteiger partial charge in [0.1, 0.15) is 0 Å². The molecule has 0 radical (unpaired) electrons. The molecule has 2 amide bonds. The normalized spacial score (nSPS) is 19.1. The molecule has 164 valence electrons. The minimum Gasteiger partial charge on any atom is -0.311 e. The molecule has 1 spiro atoms. The molecule has 3 aromatic rings. The number of nitriles is 1. The van der Waals surface area contributed by atoms with Gasteiger partial charge in [-0.3, -0.25) is 9.59 Å². The van der Waals surface area contributed by atoms with Gasteiger partial charge in [-0.25, -0.2) is 0 Å². The van der Waals surface area contributed by atoms with E-state index in [0.717, 1.165) is 27.9 Å². The van der Waals surface area contributed by atoms with Gasteiger partial charge in [0.05, 0.1) is 23.9 Å². The molecule has 1 unspecified atom stereocenters. The van der Waals surface area contributed by atoms with Gasteiger partial charge < -0.3 is 9.80 Å². The van der Waals surface area contributed by atoms with Crippen molar-refractivity contribution >= 4 is 29.3 Å². The lowest BCUT2D eigenvalue weighted by Crippen LogP contribution is -2.50. The topological polar surface area (TPSA) is 64.4 Å². The van der Waals surface area contributed by atoms with E-state index in [1.165, 1.54) is 11.8 Å². The van der Waals surface area contributed by atoms with Crippen LogP contribution in [-0.4, -0.2) is 29.0 Å². The fourth-order valence-corrected chi connectivity index (χ4v) is 6.22. The summed E-state index contributed by atoms with van der Waals surface area (Å²) in [6, 6.07) is 23.0. The highest BCUT2D eigenvalue weighted by Gasteiger charge is 2.59. The summed E-state index contributed by atoms with van der Waals surface area (Å²) >= 11 is 1.53. The number of nitrogens with zero attached hydrogens (tertiary/aromatic N) is 3. The van der Waals surface area contributed by atoms with Gasteiger partial charge in [-0.2, -0.15) is 5.26 Å². The highest BCUT2D eigenvalue weighted by molar-refractivity contribution is 8.01. The molecule has 1 saturated heterocycles. The lowest BCUT2D eigenvalue weighted by atomic mass is 10.0. The number of rotatable bonds is 3. The summed E-state index contributed by atoms with van der Waals surface area (Å²) in [7, 11) is 0. The average Bonchev–Trinajstić information content (AvgIpc) is 3.36. The van der Waals surface area contributed by atoms with E-state index in [2.05, 4.69) is 6.07 Å². The van der Waals surface area contributed by atoms with Crippen LogP contribution >= 0.6 is 11.8 Å². The Morgan fingerprint density at radius 3 is 2.70 bits per heavy atom. The lowest BCUT2D eigenvalue weighted by Gasteiger charge is -2.33. The standard InChI is InChI=1S/C27H23N3O2S/c1-18-10-11-24-23(14-18)27(26(32)29(24)17-21-8-5-7-20(15-21)16-28)30(12-13-33-27)25(31)22-9-4-3-6-19(22)2/h3-11,14-15H,12-13,17H2,1-2H3. The molecule has 5 nitrogen and oxygen atoms in total. The van der Waals surface area contributed by atoms with E-state index in [4.69, 9.17) is 0 Å². The Bertz CT molecular complexity index is 1330. The zero-order chi connectivity index (χ0) is 23.2. The van der Waals surface area contributed by atoms with Crippen LogP contribution in [0.4, 0.5) is 5.69 Å². The second kappa shape index (κ2) is 8.09. The molecule has 3 aromatic carbocycles. The third-order valence-corrected chi connectivity index (χ3v) is 7.79. The Morgan fingerprint density at radius 1 is 1.09 bits per heavy atom. The molecule has 0 saturated carbocycles. The molecule has 1 fully saturated rings. The predicted octanol–water partition coefficient (Wildman–Crippen LogP) is 4.76. The average molecular weight is 454 g/mol. The number of carbonyl (C=O) groups excluding carboxylic acids is 2. The van der Waals surface area contributed by atoms with Crippen molar-refractivity contribution in [2.75, 3.05) is 17.2 Å². The summed E-state index contributed by atoms with van der Waals surface area (Å²) in [6.45, 7) is 4.78. The van der Waals surface area contributed by atoms with E-state index in [-0.39, 0.29) is 11.8 Å². The number of hydrogen-bond donors (Lipinski definition) is 0. The Morgan fingerprint density at radius 2 is 1.91 bits per heavy atom. The number of anilines is 1. The molecule has 33 heavy (non-hydrogen) atoms. The van der Waals surface area contributed by atoms with Crippen LogP contribution in [0.2, 0.25) is 0 Å². The zero-order valence-electron chi connectivity index (χ0n) is 18.5. The van der Waals surface area contributed by atoms with Crippen molar-refractivity contribution in [2.24, 2.45) is 0 Å². The predicted molar refractivity (Wildman–Crippen MR) is 130 cm³/mol. The van der Waals surface area contributed by atoms with Crippen molar-refractivity contribution in [1.82, 2.24) is 4.90 Å². The van der Waals surface area contributed by atoms with Gasteiger partial charge in [0.2, 0.25) is 0 Å². The molecule has 0 aromatic heterocycles. The largest absolute Gasteiger partial charge is 0.311 e. The maximum Gasteiger partial charge on any atom is 0.268 e. The minimum absolute atomic E-state index is 0.102. The first-order valence-corrected chi connectivity index (χ1v) is 11.9. The van der Waals surface area contributed by atoms with Gasteiger partial charge in [-0.15, -0.1) is 11.8 Å². The van der Waals surface area contributed by atoms with Gasteiger partial charge in [-0.1, -0.05) is 48.0 Å². The van der Waals surface area contributed by atoms with E-state index in [1.807, 2.05) is 74.5 Å². The van der Waals surface area contributed by atoms with E-state index in [9.17, 15) is 14.9 Å². The summed E-state index contributed by atoms with van der Waals surface area (Å²) in [4.78, 5) is 30.3. The van der Waals surface area contributed by atoms with Crippen LogP contribution in [-0.2, 0) is 16.2 Å². The number of benzene rings is 3. The molecule has 1 atom stereocenters. The van der Waals surface area contributed by atoms with Crippen molar-refractivity contribution in [3.8, 4) is 6.07 Å². The number of hydrogen-bond acceptors (Lipinski definition) is 4. The second-order valence-corrected chi connectivity index (χ2v) is 9.78. The van der Waals surface area contributed by atoms with Crippen molar-refractivity contribution in [1.29, 1.82) is 5.26 Å². The third-order valence-electron chi connectivity index (χ3n) is 6.37. The van der Waals surface area contributed by atoms with Gasteiger partial charge in [0.25, 0.3) is 11.8 Å². The molecule has 0 bridgehead atoms. The van der Waals surface area contributed by atoms with Crippen LogP contribution in [0.15, 0.2) is 66.7 Å². The number of amides is 2. The van der Waals surface area contributed by atoms with E-state index in [0.29, 0.717) is 30.0 Å². The summed E-state index contributed by atoms with van der Waals surface area (Å²) in [5.41, 5.74) is 5.70. The Labute approximate surface area is 197 Å². The van der Waals surface area contributed by atoms with E-state index >= 15 is 0 Å². The monoisotopic (exact) mass is 453 g/mol. The summed E-state index contributed by atoms with van der Waals surface area (Å²) in [5.74, 6) is 0.469. The zero-order valence-corrected chi connectivity index (χ0v) is 19.4. The van der Waals surface area contributed by atoms with Gasteiger partial charge in [0.15, 0.2) is 4.87 Å². The Balaban J connectivity index is 1.61. The van der Waals surface area contributed by atoms with Crippen molar-refractivity contribution in [3.63, 3.8) is 0 Å². The first-order valence-electron chi connectivity index (χ1n) is 10.9. The SMILES string of the molecule is Cc1ccc2c(c1)C1(SCCN1C(=O)c1ccccc1C)C(=O)N2Cc1cccc(C#N)c1. The smallest absolute Gasteiger partial charge is 0.268 e. The fourth-order valence-electron chi connectivity index (χ4n) is 4.77. The lowest BCUT2D eigenvalue weighted by molar-refractivity contribution is -0.123. The molecule has 0 aliphatic carbocycles. The minimum atomic E-state index is -1.08. The fraction of sp³-hybridized carbons (Fsp3) is 0.222. The molecule has 0 N–H and O–H groups in total. The van der Waals surface area contributed by atoms with Crippen LogP contribution in [0, 0.1) is 25.2 Å². The molecular weight excluding hydrogens is 430 g/mol. The van der Waals surface area contributed by atoms with Crippen LogP contribution in [0.3, 0.4) is 0 Å². The molecule has 2 aliphatic heterocycles. The molecule has 5 rings (SSSR count). The summed E-state index contributed by atoms with van der Waals surface area (Å²) in [5, 5.41) is 9.28. The Kier molecular flexibility index (Phi) is 5.22. The van der Waals surface area contributed by atoms with E-state index in [1.54, 1.807) is 15.9 Å². The summed E-state index contributed by atoms with van der Waals surface area (Å²) < 4.78 is 0. The van der Waals surface area contributed by atoms with Gasteiger partial charge >= 0.3 is 0 Å². The number of thioether (sulfide) groups is 1. The third kappa shape index (κ3) is 3.32. The number of carbonyl (C=O) groups is 2. The number of aryl methyl sites for hydroxylation is 2. The van der Waals surface area contributed by atoms with Crippen molar-refractivity contribution < 1.29 is 9.59 Å². The second-order valence-electron chi connectivity index (χ2n) is 8.49. The summed E-state index contributed by atoms with van der Waals surface area (Å²) in [6.07, 6.45) is 0. The van der Waals surface area contributed by atoms with Crippen molar-refractivity contribution in [2.45, 2.75) is 25.3 Å². The molecular formula is C27H23N3O2S. The van der Waals surface area contributed by atoms with Crippen LogP contribution in [0.25, 0.3) is 0 Å². The van der Waals surface area contributed by atoms with Gasteiger partial charge in [-0.05, 0) is 49.2 Å². The maximum atomic E-state index is 14.1. The highest BCUT2D eigenvalue weighted by atomic mass is 32.2. The Hall–Kier alpha value is -3.56. The highest BCUT2D eigenvalue weighted by Crippen LogP contribution is 2.55. The van der Waals surface area contributed by atoms with E-state index < -0.39 is 4.87 Å². The molecule has 2 heterocycles. The van der Waals surface area contributed by atoms with Gasteiger partial charge in [0, 0.05) is 23.4 Å². The van der Waals surface area contributed by atoms with Crippen LogP contribution < -0.4 is 4.90 Å². The van der Waals surface area contributed by atoms with Crippen LogP contribution in [0.5, 0.6) is 0 Å².